The second-order valence-electron chi connectivity index (χ2n) is 7.92. The van der Waals surface area contributed by atoms with Crippen molar-refractivity contribution in [2.45, 2.75) is 57.2 Å². The Hall–Kier alpha value is -1.46. The van der Waals surface area contributed by atoms with E-state index in [0.29, 0.717) is 12.2 Å². The predicted molar refractivity (Wildman–Crippen MR) is 109 cm³/mol. The van der Waals surface area contributed by atoms with Crippen LogP contribution in [0.3, 0.4) is 0 Å². The molecule has 2 fully saturated rings. The number of thiazole rings is 1. The number of carbonyl (C=O) groups excluding carboxylic acids is 1. The maximum atomic E-state index is 12.4. The quantitative estimate of drug-likeness (QED) is 0.488. The normalized spacial score (nSPS) is 32.5. The van der Waals surface area contributed by atoms with E-state index >= 15 is 0 Å². The molecule has 0 saturated carbocycles. The Morgan fingerprint density at radius 2 is 2.21 bits per heavy atom. The number of rotatable bonds is 6. The van der Waals surface area contributed by atoms with Crippen LogP contribution in [0.2, 0.25) is 0 Å². The van der Waals surface area contributed by atoms with Crippen molar-refractivity contribution < 1.29 is 24.9 Å². The zero-order valence-corrected chi connectivity index (χ0v) is 18.1. The number of nitrogens with zero attached hydrogens (tertiary/aromatic N) is 2. The summed E-state index contributed by atoms with van der Waals surface area (Å²) in [5, 5.41) is 33.6. The van der Waals surface area contributed by atoms with Gasteiger partial charge in [0.25, 0.3) is 0 Å². The molecule has 4 heterocycles. The minimum atomic E-state index is -1.09. The number of amides is 1. The number of aliphatic hydroxyl groups is 2. The molecule has 8 nitrogen and oxygen atoms in total. The second kappa shape index (κ2) is 7.66. The van der Waals surface area contributed by atoms with E-state index in [-0.39, 0.29) is 41.5 Å². The van der Waals surface area contributed by atoms with Crippen molar-refractivity contribution in [2.24, 2.45) is 11.8 Å². The third-order valence-electron chi connectivity index (χ3n) is 6.05. The summed E-state index contributed by atoms with van der Waals surface area (Å²) < 4.78 is 0. The molecule has 1 aromatic rings. The molecule has 29 heavy (non-hydrogen) atoms. The summed E-state index contributed by atoms with van der Waals surface area (Å²) >= 11 is 3.10. The molecule has 0 radical (unpaired) electrons. The molecule has 3 aliphatic rings. The molecule has 4 rings (SSSR count). The summed E-state index contributed by atoms with van der Waals surface area (Å²) in [6, 6.07) is -0.207. The predicted octanol–water partition coefficient (Wildman–Crippen LogP) is 1.23. The standard InChI is InChI=1S/C19H25N3O5S2/c1-7-14-13(8(2)24)18(25)22(14)15(19(26)27)16(7)29-10-4-11(20-5-10)17-21-12(6-23)9(3)28-17/h7-8,10-11,13-14,20,23-24H,4-6H2,1-3H3,(H,26,27)/t7-,8-,10+,11+,13?,14?/m1/s1. The number of aliphatic carboxylic acids is 1. The maximum Gasteiger partial charge on any atom is 0.353 e. The molecule has 10 heteroatoms. The highest BCUT2D eigenvalue weighted by Gasteiger charge is 2.60. The third-order valence-corrected chi connectivity index (χ3v) is 8.69. The molecule has 0 aliphatic carbocycles. The van der Waals surface area contributed by atoms with Crippen LogP contribution < -0.4 is 5.32 Å². The number of carboxylic acids is 1. The fraction of sp³-hybridized carbons (Fsp3) is 0.632. The van der Waals surface area contributed by atoms with Crippen molar-refractivity contribution in [2.75, 3.05) is 6.54 Å². The molecule has 0 aromatic carbocycles. The fourth-order valence-corrected chi connectivity index (χ4v) is 7.08. The molecular formula is C19H25N3O5S2. The molecule has 158 valence electrons. The number of aromatic nitrogens is 1. The summed E-state index contributed by atoms with van der Waals surface area (Å²) in [6.45, 7) is 6.10. The summed E-state index contributed by atoms with van der Waals surface area (Å²) in [5.41, 5.74) is 0.778. The van der Waals surface area contributed by atoms with Crippen LogP contribution in [-0.2, 0) is 16.2 Å². The maximum absolute atomic E-state index is 12.4. The lowest BCUT2D eigenvalue weighted by atomic mass is 9.79. The van der Waals surface area contributed by atoms with Gasteiger partial charge in [-0.25, -0.2) is 9.78 Å². The number of nitrogens with one attached hydrogen (secondary N) is 1. The minimum absolute atomic E-state index is 0.0741. The topological polar surface area (TPSA) is 123 Å². The lowest BCUT2D eigenvalue weighted by Crippen LogP contribution is -2.63. The van der Waals surface area contributed by atoms with E-state index < -0.39 is 18.0 Å². The second-order valence-corrected chi connectivity index (χ2v) is 10.5. The van der Waals surface area contributed by atoms with E-state index in [1.165, 1.54) is 16.7 Å². The Balaban J connectivity index is 1.51. The molecule has 2 unspecified atom stereocenters. The van der Waals surface area contributed by atoms with Crippen LogP contribution in [0.4, 0.5) is 0 Å². The van der Waals surface area contributed by atoms with Crippen LogP contribution in [0.25, 0.3) is 0 Å². The van der Waals surface area contributed by atoms with Crippen molar-refractivity contribution in [3.8, 4) is 0 Å². The van der Waals surface area contributed by atoms with Crippen LogP contribution >= 0.6 is 23.1 Å². The highest BCUT2D eigenvalue weighted by Crippen LogP contribution is 2.52. The molecular weight excluding hydrogens is 414 g/mol. The first-order valence-electron chi connectivity index (χ1n) is 9.70. The molecule has 4 N–H and O–H groups in total. The first-order chi connectivity index (χ1) is 13.7. The van der Waals surface area contributed by atoms with Crippen LogP contribution in [0.15, 0.2) is 10.6 Å². The van der Waals surface area contributed by atoms with E-state index in [2.05, 4.69) is 10.3 Å². The Labute approximate surface area is 177 Å². The number of β-lactam (4-membered cyclic amide) rings is 1. The Bertz CT molecular complexity index is 883. The summed E-state index contributed by atoms with van der Waals surface area (Å²) in [6.07, 6.45) is 0.00123. The van der Waals surface area contributed by atoms with Crippen molar-refractivity contribution >= 4 is 35.0 Å². The first kappa shape index (κ1) is 20.8. The van der Waals surface area contributed by atoms with Gasteiger partial charge in [0.2, 0.25) is 5.91 Å². The molecule has 1 amide bonds. The smallest absolute Gasteiger partial charge is 0.353 e. The van der Waals surface area contributed by atoms with Gasteiger partial charge in [-0.15, -0.1) is 23.1 Å². The van der Waals surface area contributed by atoms with Gasteiger partial charge >= 0.3 is 5.97 Å². The SMILES string of the molecule is Cc1sc([C@@H]2C[C@H](SC3=C(C(=O)O)N4C(=O)C([C@@H](C)O)C4[C@H]3C)CN2)nc1CO. The number of thioether (sulfide) groups is 1. The van der Waals surface area contributed by atoms with Gasteiger partial charge in [-0.1, -0.05) is 6.92 Å². The molecule has 3 aliphatic heterocycles. The molecule has 2 saturated heterocycles. The summed E-state index contributed by atoms with van der Waals surface area (Å²) in [4.78, 5) is 32.0. The lowest BCUT2D eigenvalue weighted by molar-refractivity contribution is -0.163. The average molecular weight is 440 g/mol. The van der Waals surface area contributed by atoms with Crippen LogP contribution in [0.5, 0.6) is 0 Å². The average Bonchev–Trinajstić information content (AvgIpc) is 3.32. The van der Waals surface area contributed by atoms with Gasteiger partial charge in [0.05, 0.1) is 36.4 Å². The van der Waals surface area contributed by atoms with Crippen molar-refractivity contribution in [3.05, 3.63) is 26.2 Å². The van der Waals surface area contributed by atoms with E-state index in [0.717, 1.165) is 21.2 Å². The Kier molecular flexibility index (Phi) is 5.49. The summed E-state index contributed by atoms with van der Waals surface area (Å²) in [5.74, 6) is -2.06. The molecule has 1 aromatic heterocycles. The molecule has 0 bridgehead atoms. The van der Waals surface area contributed by atoms with Gasteiger partial charge in [-0.2, -0.15) is 0 Å². The number of carbonyl (C=O) groups is 2. The van der Waals surface area contributed by atoms with Gasteiger partial charge in [0.1, 0.15) is 10.7 Å². The van der Waals surface area contributed by atoms with E-state index in [1.54, 1.807) is 18.3 Å². The highest BCUT2D eigenvalue weighted by atomic mass is 32.2. The van der Waals surface area contributed by atoms with Crippen LogP contribution in [0, 0.1) is 18.8 Å². The minimum Gasteiger partial charge on any atom is -0.477 e. The zero-order chi connectivity index (χ0) is 21.0. The third kappa shape index (κ3) is 3.31. The molecule has 6 atom stereocenters. The summed E-state index contributed by atoms with van der Waals surface area (Å²) in [7, 11) is 0. The van der Waals surface area contributed by atoms with Crippen molar-refractivity contribution in [1.29, 1.82) is 0 Å². The van der Waals surface area contributed by atoms with Gasteiger partial charge in [0.15, 0.2) is 0 Å². The van der Waals surface area contributed by atoms with Gasteiger partial charge in [-0.3, -0.25) is 4.79 Å². The Morgan fingerprint density at radius 1 is 1.48 bits per heavy atom. The van der Waals surface area contributed by atoms with Crippen LogP contribution in [-0.4, -0.2) is 61.0 Å². The number of hydrogen-bond donors (Lipinski definition) is 4. The number of hydrogen-bond acceptors (Lipinski definition) is 8. The van der Waals surface area contributed by atoms with Crippen molar-refractivity contribution in [3.63, 3.8) is 0 Å². The van der Waals surface area contributed by atoms with Crippen molar-refractivity contribution in [1.82, 2.24) is 15.2 Å². The molecule has 0 spiro atoms. The fourth-order valence-electron chi connectivity index (χ4n) is 4.59. The first-order valence-corrected chi connectivity index (χ1v) is 11.4. The van der Waals surface area contributed by atoms with Gasteiger partial charge in [0, 0.05) is 27.5 Å². The zero-order valence-electron chi connectivity index (χ0n) is 16.5. The van der Waals surface area contributed by atoms with Crippen LogP contribution in [0.1, 0.15) is 41.9 Å². The Morgan fingerprint density at radius 3 is 2.79 bits per heavy atom. The monoisotopic (exact) mass is 439 g/mol. The van der Waals surface area contributed by atoms with Gasteiger partial charge in [-0.05, 0) is 20.3 Å². The number of carboxylic acid groups (broad SMARTS) is 1. The largest absolute Gasteiger partial charge is 0.477 e. The van der Waals surface area contributed by atoms with E-state index in [4.69, 9.17) is 0 Å². The number of aryl methyl sites for hydroxylation is 1. The van der Waals surface area contributed by atoms with Gasteiger partial charge < -0.3 is 25.5 Å². The lowest BCUT2D eigenvalue weighted by Gasteiger charge is -2.46. The number of fused-ring (bicyclic) bond motifs is 1. The van der Waals surface area contributed by atoms with E-state index in [9.17, 15) is 24.9 Å². The van der Waals surface area contributed by atoms with E-state index in [1.807, 2.05) is 13.8 Å². The number of aliphatic hydroxyl groups excluding tert-OH is 2. The highest BCUT2D eigenvalue weighted by molar-refractivity contribution is 8.03.